The van der Waals surface area contributed by atoms with E-state index >= 15 is 0 Å². The summed E-state index contributed by atoms with van der Waals surface area (Å²) in [6.45, 7) is 9.42. The zero-order valence-corrected chi connectivity index (χ0v) is 16.5. The van der Waals surface area contributed by atoms with Gasteiger partial charge in [-0.05, 0) is 4.87 Å². The van der Waals surface area contributed by atoms with Crippen molar-refractivity contribution < 1.29 is 9.18 Å². The molecule has 0 aromatic carbocycles. The van der Waals surface area contributed by atoms with Crippen LogP contribution in [0.2, 0.25) is 18.1 Å². The molecule has 0 bridgehead atoms. The normalized spacial score (nSPS) is 12.9. The second-order valence-electron chi connectivity index (χ2n) is 5.77. The van der Waals surface area contributed by atoms with Gasteiger partial charge in [0.1, 0.15) is 0 Å². The average Bonchev–Trinajstić information content (AvgIpc) is 2.57. The first-order valence-corrected chi connectivity index (χ1v) is 12.0. The van der Waals surface area contributed by atoms with Gasteiger partial charge in [0.15, 0.2) is 0 Å². The number of rotatable bonds is 8. The Bertz CT molecular complexity index is 664. The van der Waals surface area contributed by atoms with Crippen LogP contribution in [-0.4, -0.2) is 40.8 Å². The SMILES string of the molecule is CC[Si](CC)(CC)C(C)SCCNC(=O)n1cc(F)c(=O)[nH]c1=O. The molecule has 0 spiro atoms. The Hall–Kier alpha value is -1.35. The maximum Gasteiger partial charge on any atom is 0.336 e. The third-order valence-corrected chi connectivity index (χ3v) is 13.7. The third-order valence-electron chi connectivity index (χ3n) is 4.84. The molecule has 0 radical (unpaired) electrons. The van der Waals surface area contributed by atoms with E-state index in [2.05, 4.69) is 33.0 Å². The number of hydrogen-bond acceptors (Lipinski definition) is 4. The Labute approximate surface area is 146 Å². The van der Waals surface area contributed by atoms with Crippen LogP contribution < -0.4 is 16.6 Å². The van der Waals surface area contributed by atoms with Gasteiger partial charge in [-0.1, -0.05) is 45.8 Å². The number of nitrogens with zero attached hydrogens (tertiary/aromatic N) is 1. The van der Waals surface area contributed by atoms with Gasteiger partial charge in [0.05, 0.1) is 14.3 Å². The Morgan fingerprint density at radius 2 is 1.92 bits per heavy atom. The number of thioether (sulfide) groups is 1. The van der Waals surface area contributed by atoms with Crippen LogP contribution in [0.1, 0.15) is 27.7 Å². The minimum Gasteiger partial charge on any atom is -0.336 e. The molecule has 1 aromatic heterocycles. The second kappa shape index (κ2) is 9.21. The summed E-state index contributed by atoms with van der Waals surface area (Å²) in [7, 11) is -1.28. The predicted molar refractivity (Wildman–Crippen MR) is 99.2 cm³/mol. The fourth-order valence-corrected chi connectivity index (χ4v) is 9.93. The molecule has 1 amide bonds. The molecule has 136 valence electrons. The van der Waals surface area contributed by atoms with Gasteiger partial charge in [0.25, 0.3) is 5.56 Å². The van der Waals surface area contributed by atoms with E-state index in [0.717, 1.165) is 5.75 Å². The number of nitrogens with one attached hydrogen (secondary N) is 2. The number of carbonyl (C=O) groups excluding carboxylic acids is 1. The van der Waals surface area contributed by atoms with Crippen LogP contribution in [-0.2, 0) is 0 Å². The van der Waals surface area contributed by atoms with Crippen molar-refractivity contribution in [3.05, 3.63) is 32.9 Å². The zero-order chi connectivity index (χ0) is 18.3. The van der Waals surface area contributed by atoms with Gasteiger partial charge < -0.3 is 5.32 Å². The molecule has 0 fully saturated rings. The van der Waals surface area contributed by atoms with Gasteiger partial charge in [-0.2, -0.15) is 16.2 Å². The minimum atomic E-state index is -1.28. The monoisotopic (exact) mass is 375 g/mol. The maximum atomic E-state index is 13.2. The Morgan fingerprint density at radius 1 is 1.33 bits per heavy atom. The Kier molecular flexibility index (Phi) is 7.94. The molecular formula is C15H26FN3O3SSi. The van der Waals surface area contributed by atoms with Crippen molar-refractivity contribution >= 4 is 25.9 Å². The molecule has 24 heavy (non-hydrogen) atoms. The van der Waals surface area contributed by atoms with E-state index in [1.807, 2.05) is 11.8 Å². The summed E-state index contributed by atoms with van der Waals surface area (Å²) >= 11 is 1.83. The van der Waals surface area contributed by atoms with Gasteiger partial charge in [-0.3, -0.25) is 9.78 Å². The van der Waals surface area contributed by atoms with Crippen LogP contribution in [0.15, 0.2) is 15.8 Å². The van der Waals surface area contributed by atoms with E-state index in [0.29, 0.717) is 22.2 Å². The fourth-order valence-electron chi connectivity index (χ4n) is 2.87. The standard InChI is InChI=1S/C15H26FN3O3SSi/c1-5-24(6-2,7-3)11(4)23-9-8-17-14(21)19-10-12(16)13(20)18-15(19)22/h10-11H,5-9H2,1-4H3,(H,17,21)(H,18,20,22). The highest BCUT2D eigenvalue weighted by Crippen LogP contribution is 2.31. The zero-order valence-electron chi connectivity index (χ0n) is 14.6. The highest BCUT2D eigenvalue weighted by atomic mass is 32.2. The molecule has 1 atom stereocenters. The van der Waals surface area contributed by atoms with Crippen molar-refractivity contribution in [2.24, 2.45) is 0 Å². The molecule has 1 aromatic rings. The molecule has 0 aliphatic rings. The molecule has 9 heteroatoms. The largest absolute Gasteiger partial charge is 0.336 e. The lowest BCUT2D eigenvalue weighted by molar-refractivity contribution is 0.241. The molecule has 1 rings (SSSR count). The molecule has 0 aliphatic carbocycles. The number of halogens is 1. The van der Waals surface area contributed by atoms with Crippen molar-refractivity contribution in [3.8, 4) is 0 Å². The van der Waals surface area contributed by atoms with E-state index in [1.165, 1.54) is 18.1 Å². The van der Waals surface area contributed by atoms with Crippen LogP contribution in [0.4, 0.5) is 9.18 Å². The summed E-state index contributed by atoms with van der Waals surface area (Å²) in [6, 6.07) is 2.99. The number of amides is 1. The smallest absolute Gasteiger partial charge is 0.336 e. The minimum absolute atomic E-state index is 0.378. The summed E-state index contributed by atoms with van der Waals surface area (Å²) in [5.74, 6) is -0.445. The van der Waals surface area contributed by atoms with Crippen molar-refractivity contribution in [1.82, 2.24) is 14.9 Å². The van der Waals surface area contributed by atoms with E-state index in [4.69, 9.17) is 0 Å². The fraction of sp³-hybridized carbons (Fsp3) is 0.667. The first-order valence-electron chi connectivity index (χ1n) is 8.22. The van der Waals surface area contributed by atoms with Gasteiger partial charge >= 0.3 is 11.7 Å². The van der Waals surface area contributed by atoms with Crippen molar-refractivity contribution in [3.63, 3.8) is 0 Å². The number of H-pyrrole nitrogens is 1. The number of aromatic nitrogens is 2. The van der Waals surface area contributed by atoms with Crippen molar-refractivity contribution in [2.75, 3.05) is 12.3 Å². The first kappa shape index (κ1) is 20.7. The number of carbonyl (C=O) groups is 1. The topological polar surface area (TPSA) is 84.0 Å². The van der Waals surface area contributed by atoms with Crippen LogP contribution in [0, 0.1) is 5.82 Å². The van der Waals surface area contributed by atoms with Crippen LogP contribution >= 0.6 is 11.8 Å². The molecule has 1 unspecified atom stereocenters. The molecule has 6 nitrogen and oxygen atoms in total. The lowest BCUT2D eigenvalue weighted by Gasteiger charge is -2.34. The van der Waals surface area contributed by atoms with Crippen LogP contribution in [0.3, 0.4) is 0 Å². The lowest BCUT2D eigenvalue weighted by Crippen LogP contribution is -2.43. The molecule has 1 heterocycles. The van der Waals surface area contributed by atoms with Gasteiger partial charge in [-0.15, -0.1) is 0 Å². The van der Waals surface area contributed by atoms with Crippen molar-refractivity contribution in [1.29, 1.82) is 0 Å². The summed E-state index contributed by atoms with van der Waals surface area (Å²) in [4.78, 5) is 36.7. The molecule has 0 saturated heterocycles. The first-order chi connectivity index (χ1) is 11.3. The van der Waals surface area contributed by atoms with E-state index in [9.17, 15) is 18.8 Å². The molecule has 0 aliphatic heterocycles. The third kappa shape index (κ3) is 4.82. The molecular weight excluding hydrogens is 349 g/mol. The Morgan fingerprint density at radius 3 is 2.46 bits per heavy atom. The van der Waals surface area contributed by atoms with E-state index < -0.39 is 31.2 Å². The highest BCUT2D eigenvalue weighted by Gasteiger charge is 2.33. The Balaban J connectivity index is 2.57. The van der Waals surface area contributed by atoms with Gasteiger partial charge in [0.2, 0.25) is 5.82 Å². The number of hydrogen-bond donors (Lipinski definition) is 2. The van der Waals surface area contributed by atoms with Gasteiger partial charge in [0, 0.05) is 12.3 Å². The maximum absolute atomic E-state index is 13.2. The van der Waals surface area contributed by atoms with Crippen LogP contribution in [0.25, 0.3) is 0 Å². The molecule has 0 saturated carbocycles. The summed E-state index contributed by atoms with van der Waals surface area (Å²) in [5.41, 5.74) is -2.08. The second-order valence-corrected chi connectivity index (χ2v) is 13.4. The molecule has 2 N–H and O–H groups in total. The summed E-state index contributed by atoms with van der Waals surface area (Å²) < 4.78 is 13.7. The quantitative estimate of drug-likeness (QED) is 0.540. The summed E-state index contributed by atoms with van der Waals surface area (Å²) in [6.07, 6.45) is 0.607. The van der Waals surface area contributed by atoms with E-state index in [1.54, 1.807) is 4.98 Å². The average molecular weight is 376 g/mol. The van der Waals surface area contributed by atoms with Crippen molar-refractivity contribution in [2.45, 2.75) is 50.7 Å². The highest BCUT2D eigenvalue weighted by molar-refractivity contribution is 8.01. The van der Waals surface area contributed by atoms with Gasteiger partial charge in [-0.25, -0.2) is 14.2 Å². The lowest BCUT2D eigenvalue weighted by atomic mass is 10.6. The predicted octanol–water partition coefficient (Wildman–Crippen LogP) is 2.40. The van der Waals surface area contributed by atoms with E-state index in [-0.39, 0.29) is 0 Å². The van der Waals surface area contributed by atoms with Crippen LogP contribution in [0.5, 0.6) is 0 Å². The summed E-state index contributed by atoms with van der Waals surface area (Å²) in [5, 5.41) is 2.58. The number of aromatic amines is 1.